The maximum Gasteiger partial charge on any atom is 0.240 e. The molecule has 0 spiro atoms. The number of aromatic nitrogens is 2. The van der Waals surface area contributed by atoms with Crippen LogP contribution in [0.15, 0.2) is 4.52 Å². The minimum atomic E-state index is 0.609. The van der Waals surface area contributed by atoms with Crippen molar-refractivity contribution in [3.05, 3.63) is 11.7 Å². The summed E-state index contributed by atoms with van der Waals surface area (Å²) in [6.07, 6.45) is 5.91. The number of rotatable bonds is 7. The molecule has 19 heavy (non-hydrogen) atoms. The van der Waals surface area contributed by atoms with E-state index >= 15 is 0 Å². The fourth-order valence-electron chi connectivity index (χ4n) is 2.62. The average molecular weight is 266 g/mol. The summed E-state index contributed by atoms with van der Waals surface area (Å²) < 4.78 is 5.31. The van der Waals surface area contributed by atoms with Crippen molar-refractivity contribution in [1.82, 2.24) is 20.4 Å². The Bertz CT molecular complexity index is 366. The Labute approximate surface area is 115 Å². The Hall–Kier alpha value is -0.940. The van der Waals surface area contributed by atoms with Crippen molar-refractivity contribution < 1.29 is 4.52 Å². The lowest BCUT2D eigenvalue weighted by Gasteiger charge is -2.34. The molecular formula is C14H26N4O. The van der Waals surface area contributed by atoms with Crippen LogP contribution in [-0.2, 0) is 13.0 Å². The average Bonchev–Trinajstić information content (AvgIpc) is 2.89. The van der Waals surface area contributed by atoms with Gasteiger partial charge < -0.3 is 9.84 Å². The third kappa shape index (κ3) is 4.28. The van der Waals surface area contributed by atoms with Gasteiger partial charge in [0, 0.05) is 19.0 Å². The minimum absolute atomic E-state index is 0.609. The molecule has 1 aliphatic rings. The Kier molecular flexibility index (Phi) is 5.79. The van der Waals surface area contributed by atoms with Crippen LogP contribution >= 0.6 is 0 Å². The van der Waals surface area contributed by atoms with Crippen molar-refractivity contribution in [1.29, 1.82) is 0 Å². The lowest BCUT2D eigenvalue weighted by molar-refractivity contribution is 0.122. The maximum absolute atomic E-state index is 5.31. The number of piperidine rings is 1. The zero-order valence-electron chi connectivity index (χ0n) is 12.2. The Morgan fingerprint density at radius 1 is 1.37 bits per heavy atom. The highest BCUT2D eigenvalue weighted by Gasteiger charge is 2.23. The van der Waals surface area contributed by atoms with E-state index in [0.29, 0.717) is 6.04 Å². The molecule has 1 saturated heterocycles. The number of hydrogen-bond donors (Lipinski definition) is 1. The van der Waals surface area contributed by atoms with Gasteiger partial charge in [-0.15, -0.1) is 0 Å². The van der Waals surface area contributed by atoms with Gasteiger partial charge in [0.1, 0.15) is 0 Å². The molecule has 0 radical (unpaired) electrons. The Morgan fingerprint density at radius 3 is 3.00 bits per heavy atom. The molecule has 0 amide bonds. The largest absolute Gasteiger partial charge is 0.338 e. The maximum atomic E-state index is 5.31. The lowest BCUT2D eigenvalue weighted by atomic mass is 10.0. The molecule has 2 heterocycles. The third-order valence-corrected chi connectivity index (χ3v) is 3.72. The summed E-state index contributed by atoms with van der Waals surface area (Å²) >= 11 is 0. The molecule has 1 unspecified atom stereocenters. The van der Waals surface area contributed by atoms with Gasteiger partial charge in [-0.1, -0.05) is 25.4 Å². The molecule has 1 aromatic rings. The molecule has 5 heteroatoms. The number of nitrogens with zero attached hydrogens (tertiary/aromatic N) is 3. The minimum Gasteiger partial charge on any atom is -0.338 e. The molecule has 0 saturated carbocycles. The Morgan fingerprint density at radius 2 is 2.26 bits per heavy atom. The van der Waals surface area contributed by atoms with Crippen LogP contribution in [0.3, 0.4) is 0 Å². The second kappa shape index (κ2) is 7.60. The highest BCUT2D eigenvalue weighted by atomic mass is 16.5. The molecule has 2 rings (SSSR count). The molecule has 108 valence electrons. The number of likely N-dealkylation sites (tertiary alicyclic amines) is 1. The van der Waals surface area contributed by atoms with Crippen LogP contribution in [0.4, 0.5) is 0 Å². The van der Waals surface area contributed by atoms with Crippen LogP contribution in [0.2, 0.25) is 0 Å². The van der Waals surface area contributed by atoms with Gasteiger partial charge in [-0.3, -0.25) is 4.90 Å². The fourth-order valence-corrected chi connectivity index (χ4v) is 2.62. The van der Waals surface area contributed by atoms with Gasteiger partial charge in [0.15, 0.2) is 5.82 Å². The normalized spacial score (nSPS) is 20.8. The van der Waals surface area contributed by atoms with Crippen molar-refractivity contribution in [2.45, 2.75) is 58.5 Å². The second-order valence-electron chi connectivity index (χ2n) is 5.28. The van der Waals surface area contributed by atoms with Crippen LogP contribution in [0.1, 0.15) is 51.2 Å². The number of nitrogens with one attached hydrogen (secondary N) is 1. The fraction of sp³-hybridized carbons (Fsp3) is 0.857. The standard InChI is InChI=1S/C14H26N4O/c1-3-8-15-10-12-7-5-6-9-18(12)11-14-16-13(4-2)17-19-14/h12,15H,3-11H2,1-2H3. The van der Waals surface area contributed by atoms with E-state index in [2.05, 4.69) is 27.3 Å². The number of aryl methyl sites for hydroxylation is 1. The first-order chi connectivity index (χ1) is 9.33. The van der Waals surface area contributed by atoms with Crippen molar-refractivity contribution in [2.24, 2.45) is 0 Å². The Balaban J connectivity index is 1.87. The molecule has 0 aliphatic carbocycles. The van der Waals surface area contributed by atoms with Crippen molar-refractivity contribution in [3.63, 3.8) is 0 Å². The molecule has 1 N–H and O–H groups in total. The summed E-state index contributed by atoms with van der Waals surface area (Å²) in [4.78, 5) is 6.90. The zero-order valence-corrected chi connectivity index (χ0v) is 12.2. The SMILES string of the molecule is CCCNCC1CCCCN1Cc1nc(CC)no1. The van der Waals surface area contributed by atoms with E-state index in [1.54, 1.807) is 0 Å². The first-order valence-electron chi connectivity index (χ1n) is 7.59. The van der Waals surface area contributed by atoms with E-state index in [4.69, 9.17) is 4.52 Å². The van der Waals surface area contributed by atoms with Crippen LogP contribution in [0.25, 0.3) is 0 Å². The molecular weight excluding hydrogens is 240 g/mol. The predicted octanol–water partition coefficient (Wildman–Crippen LogP) is 1.99. The smallest absolute Gasteiger partial charge is 0.240 e. The van der Waals surface area contributed by atoms with E-state index in [9.17, 15) is 0 Å². The van der Waals surface area contributed by atoms with Crippen LogP contribution in [-0.4, -0.2) is 40.7 Å². The van der Waals surface area contributed by atoms with Gasteiger partial charge in [-0.2, -0.15) is 4.98 Å². The summed E-state index contributed by atoms with van der Waals surface area (Å²) in [5.74, 6) is 1.58. The van der Waals surface area contributed by atoms with Gasteiger partial charge in [0.25, 0.3) is 0 Å². The van der Waals surface area contributed by atoms with Crippen LogP contribution in [0, 0.1) is 0 Å². The molecule has 1 atom stereocenters. The molecule has 1 aromatic heterocycles. The van der Waals surface area contributed by atoms with E-state index in [1.165, 1.54) is 25.7 Å². The van der Waals surface area contributed by atoms with E-state index < -0.39 is 0 Å². The van der Waals surface area contributed by atoms with E-state index in [1.807, 2.05) is 6.92 Å². The topological polar surface area (TPSA) is 54.2 Å². The van der Waals surface area contributed by atoms with Gasteiger partial charge in [-0.05, 0) is 32.4 Å². The number of hydrogen-bond acceptors (Lipinski definition) is 5. The van der Waals surface area contributed by atoms with E-state index in [0.717, 1.165) is 44.3 Å². The van der Waals surface area contributed by atoms with Crippen molar-refractivity contribution in [3.8, 4) is 0 Å². The first kappa shape index (κ1) is 14.5. The van der Waals surface area contributed by atoms with Gasteiger partial charge in [0.2, 0.25) is 5.89 Å². The summed E-state index contributed by atoms with van der Waals surface area (Å²) in [6, 6.07) is 0.609. The van der Waals surface area contributed by atoms with Crippen LogP contribution in [0.5, 0.6) is 0 Å². The quantitative estimate of drug-likeness (QED) is 0.765. The molecule has 1 aliphatic heterocycles. The third-order valence-electron chi connectivity index (χ3n) is 3.72. The van der Waals surface area contributed by atoms with E-state index in [-0.39, 0.29) is 0 Å². The van der Waals surface area contributed by atoms with Gasteiger partial charge >= 0.3 is 0 Å². The first-order valence-corrected chi connectivity index (χ1v) is 7.59. The lowest BCUT2D eigenvalue weighted by Crippen LogP contribution is -2.45. The molecule has 0 bridgehead atoms. The van der Waals surface area contributed by atoms with Gasteiger partial charge in [0.05, 0.1) is 6.54 Å². The van der Waals surface area contributed by atoms with Gasteiger partial charge in [-0.25, -0.2) is 0 Å². The predicted molar refractivity (Wildman–Crippen MR) is 74.9 cm³/mol. The van der Waals surface area contributed by atoms with Crippen molar-refractivity contribution in [2.75, 3.05) is 19.6 Å². The second-order valence-corrected chi connectivity index (χ2v) is 5.28. The summed E-state index contributed by atoms with van der Waals surface area (Å²) in [5, 5.41) is 7.50. The zero-order chi connectivity index (χ0) is 13.5. The summed E-state index contributed by atoms with van der Waals surface area (Å²) in [5.41, 5.74) is 0. The highest BCUT2D eigenvalue weighted by Crippen LogP contribution is 2.18. The molecule has 1 fully saturated rings. The summed E-state index contributed by atoms with van der Waals surface area (Å²) in [7, 11) is 0. The molecule has 0 aromatic carbocycles. The van der Waals surface area contributed by atoms with Crippen LogP contribution < -0.4 is 5.32 Å². The monoisotopic (exact) mass is 266 g/mol. The summed E-state index contributed by atoms with van der Waals surface area (Å²) in [6.45, 7) is 8.37. The highest BCUT2D eigenvalue weighted by molar-refractivity contribution is 4.88. The molecule has 5 nitrogen and oxygen atoms in total. The van der Waals surface area contributed by atoms with Crippen molar-refractivity contribution >= 4 is 0 Å².